The zero-order chi connectivity index (χ0) is 14.7. The summed E-state index contributed by atoms with van der Waals surface area (Å²) in [5.74, 6) is 0.532. The summed E-state index contributed by atoms with van der Waals surface area (Å²) in [6, 6.07) is 8.18. The van der Waals surface area contributed by atoms with Gasteiger partial charge in [-0.05, 0) is 36.8 Å². The van der Waals surface area contributed by atoms with Gasteiger partial charge in [0.15, 0.2) is 5.16 Å². The van der Waals surface area contributed by atoms with E-state index in [1.807, 2.05) is 30.8 Å². The molecule has 1 fully saturated rings. The van der Waals surface area contributed by atoms with Crippen molar-refractivity contribution in [2.45, 2.75) is 24.0 Å². The molecular formula is C16H18ClN3S. The lowest BCUT2D eigenvalue weighted by molar-refractivity contribution is 0.325. The van der Waals surface area contributed by atoms with E-state index in [1.165, 1.54) is 11.1 Å². The van der Waals surface area contributed by atoms with Gasteiger partial charge in [-0.15, -0.1) is 0 Å². The highest BCUT2D eigenvalue weighted by atomic mass is 35.5. The second-order valence-electron chi connectivity index (χ2n) is 5.32. The zero-order valence-corrected chi connectivity index (χ0v) is 13.6. The number of likely N-dealkylation sites (tertiary alicyclic amines) is 1. The highest BCUT2D eigenvalue weighted by molar-refractivity contribution is 7.98. The van der Waals surface area contributed by atoms with Crippen LogP contribution >= 0.6 is 23.4 Å². The van der Waals surface area contributed by atoms with Gasteiger partial charge in [0.2, 0.25) is 0 Å². The summed E-state index contributed by atoms with van der Waals surface area (Å²) in [4.78, 5) is 11.1. The van der Waals surface area contributed by atoms with E-state index < -0.39 is 0 Å². The fraction of sp³-hybridized carbons (Fsp3) is 0.375. The molecule has 0 amide bonds. The summed E-state index contributed by atoms with van der Waals surface area (Å²) in [5.41, 5.74) is 2.45. The Morgan fingerprint density at radius 2 is 2.05 bits per heavy atom. The molecule has 2 heterocycles. The molecule has 2 aromatic rings. The summed E-state index contributed by atoms with van der Waals surface area (Å²) in [6.07, 6.45) is 7.01. The van der Waals surface area contributed by atoms with Crippen molar-refractivity contribution in [3.05, 3.63) is 52.8 Å². The van der Waals surface area contributed by atoms with Crippen LogP contribution in [0.1, 0.15) is 23.5 Å². The summed E-state index contributed by atoms with van der Waals surface area (Å²) in [5, 5.41) is 1.71. The van der Waals surface area contributed by atoms with Crippen molar-refractivity contribution in [3.63, 3.8) is 0 Å². The third kappa shape index (κ3) is 3.57. The van der Waals surface area contributed by atoms with Crippen molar-refractivity contribution in [2.24, 2.45) is 0 Å². The Kier molecular flexibility index (Phi) is 4.78. The molecule has 1 aromatic heterocycles. The molecule has 1 aliphatic heterocycles. The quantitative estimate of drug-likeness (QED) is 0.632. The molecule has 0 saturated carbocycles. The summed E-state index contributed by atoms with van der Waals surface area (Å²) < 4.78 is 0. The Morgan fingerprint density at radius 1 is 1.29 bits per heavy atom. The van der Waals surface area contributed by atoms with E-state index in [0.717, 1.165) is 36.2 Å². The predicted octanol–water partition coefficient (Wildman–Crippen LogP) is 3.84. The maximum absolute atomic E-state index is 6.30. The molecule has 21 heavy (non-hydrogen) atoms. The maximum atomic E-state index is 6.30. The first-order valence-corrected chi connectivity index (χ1v) is 8.68. The van der Waals surface area contributed by atoms with Crippen molar-refractivity contribution < 1.29 is 0 Å². The van der Waals surface area contributed by atoms with Crippen LogP contribution in [-0.4, -0.2) is 34.2 Å². The fourth-order valence-electron chi connectivity index (χ4n) is 2.82. The smallest absolute Gasteiger partial charge is 0.187 e. The minimum absolute atomic E-state index is 0.532. The van der Waals surface area contributed by atoms with E-state index in [-0.39, 0.29) is 0 Å². The number of aromatic nitrogens is 2. The van der Waals surface area contributed by atoms with Crippen LogP contribution in [0.4, 0.5) is 0 Å². The molecule has 0 N–H and O–H groups in total. The Balaban J connectivity index is 1.63. The normalized spacial score (nSPS) is 19.0. The number of hydrogen-bond acceptors (Lipinski definition) is 4. The molecule has 1 atom stereocenters. The largest absolute Gasteiger partial charge is 0.298 e. The van der Waals surface area contributed by atoms with Crippen molar-refractivity contribution >= 4 is 23.4 Å². The number of halogens is 1. The molecule has 0 spiro atoms. The Morgan fingerprint density at radius 3 is 2.76 bits per heavy atom. The van der Waals surface area contributed by atoms with Gasteiger partial charge in [-0.3, -0.25) is 4.90 Å². The van der Waals surface area contributed by atoms with E-state index in [9.17, 15) is 0 Å². The second-order valence-corrected chi connectivity index (χ2v) is 6.50. The van der Waals surface area contributed by atoms with E-state index >= 15 is 0 Å². The first-order chi connectivity index (χ1) is 10.3. The van der Waals surface area contributed by atoms with E-state index in [4.69, 9.17) is 11.6 Å². The molecule has 0 unspecified atom stereocenters. The zero-order valence-electron chi connectivity index (χ0n) is 12.0. The molecular weight excluding hydrogens is 302 g/mol. The van der Waals surface area contributed by atoms with Crippen LogP contribution in [0, 0.1) is 0 Å². The first-order valence-electron chi connectivity index (χ1n) is 7.08. The SMILES string of the molecule is CSc1ncc(CN2CC[C@H](c3ccccc3Cl)C2)cn1. The van der Waals surface area contributed by atoms with Crippen LogP contribution in [0.5, 0.6) is 0 Å². The predicted molar refractivity (Wildman–Crippen MR) is 87.9 cm³/mol. The topological polar surface area (TPSA) is 29.0 Å². The second kappa shape index (κ2) is 6.77. The van der Waals surface area contributed by atoms with Gasteiger partial charge in [0, 0.05) is 36.1 Å². The van der Waals surface area contributed by atoms with Crippen LogP contribution in [0.2, 0.25) is 5.02 Å². The third-order valence-corrected chi connectivity index (χ3v) is 4.81. The van der Waals surface area contributed by atoms with Crippen molar-refractivity contribution in [1.82, 2.24) is 14.9 Å². The molecule has 1 aliphatic rings. The molecule has 3 nitrogen and oxygen atoms in total. The van der Waals surface area contributed by atoms with Crippen molar-refractivity contribution in [1.29, 1.82) is 0 Å². The van der Waals surface area contributed by atoms with Crippen LogP contribution < -0.4 is 0 Å². The summed E-state index contributed by atoms with van der Waals surface area (Å²) in [7, 11) is 0. The van der Waals surface area contributed by atoms with Gasteiger partial charge in [0.1, 0.15) is 0 Å². The maximum Gasteiger partial charge on any atom is 0.187 e. The number of hydrogen-bond donors (Lipinski definition) is 0. The van der Waals surface area contributed by atoms with Crippen LogP contribution in [0.3, 0.4) is 0 Å². The number of nitrogens with zero attached hydrogens (tertiary/aromatic N) is 3. The lowest BCUT2D eigenvalue weighted by Gasteiger charge is -2.16. The van der Waals surface area contributed by atoms with Gasteiger partial charge in [0.05, 0.1) is 0 Å². The van der Waals surface area contributed by atoms with E-state index in [0.29, 0.717) is 5.92 Å². The molecule has 3 rings (SSSR count). The van der Waals surface area contributed by atoms with E-state index in [2.05, 4.69) is 27.0 Å². The molecule has 110 valence electrons. The minimum Gasteiger partial charge on any atom is -0.298 e. The Labute approximate surface area is 134 Å². The lowest BCUT2D eigenvalue weighted by atomic mass is 9.98. The summed E-state index contributed by atoms with van der Waals surface area (Å²) in [6.45, 7) is 3.06. The monoisotopic (exact) mass is 319 g/mol. The van der Waals surface area contributed by atoms with Gasteiger partial charge in [-0.1, -0.05) is 41.6 Å². The molecule has 1 aromatic carbocycles. The third-order valence-electron chi connectivity index (χ3n) is 3.89. The average Bonchev–Trinajstić information content (AvgIpc) is 2.97. The fourth-order valence-corrected chi connectivity index (χ4v) is 3.43. The van der Waals surface area contributed by atoms with E-state index in [1.54, 1.807) is 11.8 Å². The van der Waals surface area contributed by atoms with Crippen molar-refractivity contribution in [3.8, 4) is 0 Å². The van der Waals surface area contributed by atoms with Crippen LogP contribution in [-0.2, 0) is 6.54 Å². The highest BCUT2D eigenvalue weighted by Gasteiger charge is 2.25. The van der Waals surface area contributed by atoms with Gasteiger partial charge in [-0.25, -0.2) is 9.97 Å². The number of rotatable bonds is 4. The van der Waals surface area contributed by atoms with Gasteiger partial charge in [-0.2, -0.15) is 0 Å². The molecule has 0 radical (unpaired) electrons. The van der Waals surface area contributed by atoms with Gasteiger partial charge >= 0.3 is 0 Å². The van der Waals surface area contributed by atoms with Gasteiger partial charge in [0.25, 0.3) is 0 Å². The number of benzene rings is 1. The molecule has 0 aliphatic carbocycles. The molecule has 0 bridgehead atoms. The van der Waals surface area contributed by atoms with Crippen LogP contribution in [0.25, 0.3) is 0 Å². The Hall–Kier alpha value is -1.10. The highest BCUT2D eigenvalue weighted by Crippen LogP contribution is 2.32. The Bertz CT molecular complexity index is 603. The lowest BCUT2D eigenvalue weighted by Crippen LogP contribution is -2.20. The number of thioether (sulfide) groups is 1. The van der Waals surface area contributed by atoms with Crippen LogP contribution in [0.15, 0.2) is 41.8 Å². The molecule has 5 heteroatoms. The average molecular weight is 320 g/mol. The summed E-state index contributed by atoms with van der Waals surface area (Å²) >= 11 is 7.87. The molecule has 1 saturated heterocycles. The standard InChI is InChI=1S/C16H18ClN3S/c1-21-16-18-8-12(9-19-16)10-20-7-6-13(11-20)14-4-2-3-5-15(14)17/h2-5,8-9,13H,6-7,10-11H2,1H3/t13-/m0/s1. The van der Waals surface area contributed by atoms with Gasteiger partial charge < -0.3 is 0 Å². The first kappa shape index (κ1) is 14.8. The minimum atomic E-state index is 0.532. The van der Waals surface area contributed by atoms with Crippen molar-refractivity contribution in [2.75, 3.05) is 19.3 Å².